The molecular weight excluding hydrogens is 1150 g/mol. The van der Waals surface area contributed by atoms with E-state index in [1.807, 2.05) is 0 Å². The molecule has 0 bridgehead atoms. The monoisotopic (exact) mass is 1280 g/mol. The van der Waals surface area contributed by atoms with Crippen LogP contribution in [-0.2, 0) is 65.4 Å². The number of aliphatic hydroxyl groups is 1. The van der Waals surface area contributed by atoms with E-state index in [4.69, 9.17) is 37.0 Å². The SMILES string of the molecule is CCCCCCCCCCCCCCCCCC(=O)O[C@H](COC(=O)CCCCCCCCCCCCC(C)C)COP(=O)(O)OC[C@@H](O)COP(=O)(O)OC[C@@H](COC(=O)CCCCCCCCC(C)C)OC(=O)CCCCCCCCCCCC. The van der Waals surface area contributed by atoms with E-state index in [-0.39, 0.29) is 25.7 Å². The molecule has 0 rings (SSSR count). The average Bonchev–Trinajstić information content (AvgIpc) is 3.68. The summed E-state index contributed by atoms with van der Waals surface area (Å²) in [4.78, 5) is 72.4. The van der Waals surface area contributed by atoms with Gasteiger partial charge in [0.25, 0.3) is 0 Å². The van der Waals surface area contributed by atoms with E-state index < -0.39 is 97.5 Å². The lowest BCUT2D eigenvalue weighted by Crippen LogP contribution is -2.30. The maximum absolute atomic E-state index is 13.0. The fraction of sp³-hybridized carbons (Fsp3) is 0.941. The van der Waals surface area contributed by atoms with Gasteiger partial charge in [0, 0.05) is 25.7 Å². The predicted octanol–water partition coefficient (Wildman–Crippen LogP) is 19.2. The van der Waals surface area contributed by atoms with E-state index in [2.05, 4.69) is 41.5 Å². The van der Waals surface area contributed by atoms with E-state index >= 15 is 0 Å². The first-order valence-corrected chi connectivity index (χ1v) is 38.5. The first-order valence-electron chi connectivity index (χ1n) is 35.5. The molecule has 0 heterocycles. The number of unbranched alkanes of at least 4 members (excludes halogenated alkanes) is 37. The minimum Gasteiger partial charge on any atom is -0.462 e. The number of rotatable bonds is 67. The third-order valence-electron chi connectivity index (χ3n) is 15.7. The Bertz CT molecular complexity index is 1700. The first kappa shape index (κ1) is 85.1. The van der Waals surface area contributed by atoms with Crippen LogP contribution in [0.3, 0.4) is 0 Å². The van der Waals surface area contributed by atoms with E-state index in [0.717, 1.165) is 102 Å². The van der Waals surface area contributed by atoms with Crippen LogP contribution in [0.15, 0.2) is 0 Å². The number of carbonyl (C=O) groups excluding carboxylic acids is 4. The fourth-order valence-electron chi connectivity index (χ4n) is 10.2. The Labute approximate surface area is 530 Å². The molecule has 0 aliphatic heterocycles. The van der Waals surface area contributed by atoms with Crippen LogP contribution in [0.4, 0.5) is 0 Å². The molecule has 0 aromatic carbocycles. The topological polar surface area (TPSA) is 237 Å². The van der Waals surface area contributed by atoms with E-state index in [1.54, 1.807) is 0 Å². The Hall–Kier alpha value is -1.94. The predicted molar refractivity (Wildman–Crippen MR) is 349 cm³/mol. The molecule has 19 heteroatoms. The van der Waals surface area contributed by atoms with Gasteiger partial charge in [0.05, 0.1) is 26.4 Å². The molecule has 0 spiro atoms. The second kappa shape index (κ2) is 60.3. The Balaban J connectivity index is 5.23. The average molecular weight is 1280 g/mol. The minimum atomic E-state index is -4.95. The maximum atomic E-state index is 13.0. The smallest absolute Gasteiger partial charge is 0.462 e. The lowest BCUT2D eigenvalue weighted by molar-refractivity contribution is -0.161. The molecule has 17 nitrogen and oxygen atoms in total. The van der Waals surface area contributed by atoms with Gasteiger partial charge in [0.15, 0.2) is 12.2 Å². The molecule has 87 heavy (non-hydrogen) atoms. The van der Waals surface area contributed by atoms with Crippen molar-refractivity contribution in [3.05, 3.63) is 0 Å². The van der Waals surface area contributed by atoms with Crippen LogP contribution in [0.2, 0.25) is 0 Å². The van der Waals surface area contributed by atoms with Crippen LogP contribution in [0.5, 0.6) is 0 Å². The van der Waals surface area contributed by atoms with Gasteiger partial charge in [0.2, 0.25) is 0 Å². The van der Waals surface area contributed by atoms with Gasteiger partial charge in [-0.15, -0.1) is 0 Å². The third-order valence-corrected chi connectivity index (χ3v) is 17.6. The standard InChI is InChI=1S/C68H132O17P2/c1-7-9-11-13-15-17-19-20-21-22-23-29-33-41-47-53-68(73)84-63(56-78-65(70)50-44-38-31-28-25-24-26-30-36-42-48-60(3)4)58-82-86(74,75)80-54-62(69)55-81-87(76,77)83-59-64(57-79-66(71)51-45-39-35-34-37-43-49-61(5)6)85-67(72)52-46-40-32-27-18-16-14-12-10-8-2/h60-64,69H,7-59H2,1-6H3,(H,74,75)(H,76,77)/t62-,63-,64-/m1/s1. The largest absolute Gasteiger partial charge is 0.472 e. The number of carbonyl (C=O) groups is 4. The van der Waals surface area contributed by atoms with Crippen molar-refractivity contribution in [2.45, 2.75) is 362 Å². The highest BCUT2D eigenvalue weighted by molar-refractivity contribution is 7.47. The van der Waals surface area contributed by atoms with Crippen molar-refractivity contribution < 1.29 is 80.2 Å². The summed E-state index contributed by atoms with van der Waals surface area (Å²) in [5.41, 5.74) is 0. The summed E-state index contributed by atoms with van der Waals surface area (Å²) in [6, 6.07) is 0. The van der Waals surface area contributed by atoms with Crippen LogP contribution in [0.1, 0.15) is 343 Å². The van der Waals surface area contributed by atoms with Crippen molar-refractivity contribution in [1.29, 1.82) is 0 Å². The van der Waals surface area contributed by atoms with Gasteiger partial charge in [0.1, 0.15) is 19.3 Å². The molecule has 5 atom stereocenters. The lowest BCUT2D eigenvalue weighted by atomic mass is 10.0. The summed E-state index contributed by atoms with van der Waals surface area (Å²) in [6.07, 6.45) is 44.5. The highest BCUT2D eigenvalue weighted by Crippen LogP contribution is 2.45. The van der Waals surface area contributed by atoms with Gasteiger partial charge in [-0.05, 0) is 37.5 Å². The van der Waals surface area contributed by atoms with Crippen molar-refractivity contribution in [1.82, 2.24) is 0 Å². The summed E-state index contributed by atoms with van der Waals surface area (Å²) in [5.74, 6) is -0.690. The third kappa shape index (κ3) is 62.6. The molecule has 0 aromatic heterocycles. The Morgan fingerprint density at radius 3 is 0.782 bits per heavy atom. The zero-order valence-electron chi connectivity index (χ0n) is 56.3. The molecule has 0 saturated carbocycles. The van der Waals surface area contributed by atoms with Crippen molar-refractivity contribution in [2.75, 3.05) is 39.6 Å². The summed E-state index contributed by atoms with van der Waals surface area (Å²) in [7, 11) is -9.89. The van der Waals surface area contributed by atoms with Crippen LogP contribution >= 0.6 is 15.6 Å². The molecule has 0 radical (unpaired) electrons. The number of esters is 4. The van der Waals surface area contributed by atoms with E-state index in [0.29, 0.717) is 31.6 Å². The second-order valence-electron chi connectivity index (χ2n) is 25.5. The molecule has 0 aliphatic rings. The molecule has 0 saturated heterocycles. The van der Waals surface area contributed by atoms with Crippen LogP contribution in [0, 0.1) is 11.8 Å². The van der Waals surface area contributed by atoms with Crippen molar-refractivity contribution >= 4 is 39.5 Å². The molecule has 3 N–H and O–H groups in total. The maximum Gasteiger partial charge on any atom is 0.472 e. The number of phosphoric acid groups is 2. The number of hydrogen-bond acceptors (Lipinski definition) is 15. The quantitative estimate of drug-likeness (QED) is 0.0222. The van der Waals surface area contributed by atoms with Crippen LogP contribution in [0.25, 0.3) is 0 Å². The summed E-state index contributed by atoms with van der Waals surface area (Å²) >= 11 is 0. The molecular formula is C68H132O17P2. The number of hydrogen-bond donors (Lipinski definition) is 3. The molecule has 2 unspecified atom stereocenters. The summed E-state index contributed by atoms with van der Waals surface area (Å²) in [6.45, 7) is 9.44. The molecule has 0 fully saturated rings. The summed E-state index contributed by atoms with van der Waals surface area (Å²) < 4.78 is 68.1. The zero-order valence-corrected chi connectivity index (χ0v) is 58.1. The van der Waals surface area contributed by atoms with Gasteiger partial charge < -0.3 is 33.8 Å². The van der Waals surface area contributed by atoms with E-state index in [1.165, 1.54) is 154 Å². The van der Waals surface area contributed by atoms with Gasteiger partial charge >= 0.3 is 39.5 Å². The van der Waals surface area contributed by atoms with Crippen molar-refractivity contribution in [3.8, 4) is 0 Å². The normalized spacial score (nSPS) is 14.2. The molecule has 0 aliphatic carbocycles. The van der Waals surface area contributed by atoms with Gasteiger partial charge in [-0.1, -0.05) is 292 Å². The molecule has 0 aromatic rings. The van der Waals surface area contributed by atoms with Crippen molar-refractivity contribution in [2.24, 2.45) is 11.8 Å². The van der Waals surface area contributed by atoms with E-state index in [9.17, 15) is 43.2 Å². The van der Waals surface area contributed by atoms with Gasteiger partial charge in [-0.2, -0.15) is 0 Å². The Morgan fingerprint density at radius 1 is 0.310 bits per heavy atom. The first-order chi connectivity index (χ1) is 41.9. The molecule has 516 valence electrons. The minimum absolute atomic E-state index is 0.105. The zero-order chi connectivity index (χ0) is 64.3. The second-order valence-corrected chi connectivity index (χ2v) is 28.4. The summed E-state index contributed by atoms with van der Waals surface area (Å²) in [5, 5.41) is 10.6. The van der Waals surface area contributed by atoms with Crippen LogP contribution in [-0.4, -0.2) is 96.7 Å². The van der Waals surface area contributed by atoms with Crippen molar-refractivity contribution in [3.63, 3.8) is 0 Å². The lowest BCUT2D eigenvalue weighted by Gasteiger charge is -2.21. The fourth-order valence-corrected chi connectivity index (χ4v) is 11.8. The highest BCUT2D eigenvalue weighted by atomic mass is 31.2. The van der Waals surface area contributed by atoms with Gasteiger partial charge in [-0.25, -0.2) is 9.13 Å². The van der Waals surface area contributed by atoms with Gasteiger partial charge in [-0.3, -0.25) is 37.3 Å². The van der Waals surface area contributed by atoms with Crippen LogP contribution < -0.4 is 0 Å². The Morgan fingerprint density at radius 2 is 0.529 bits per heavy atom. The Kier molecular flexibility index (Phi) is 59.0. The number of aliphatic hydroxyl groups excluding tert-OH is 1. The number of ether oxygens (including phenoxy) is 4. The molecule has 0 amide bonds. The highest BCUT2D eigenvalue weighted by Gasteiger charge is 2.30. The number of phosphoric ester groups is 2.